The normalized spacial score (nSPS) is 10.6. The topological polar surface area (TPSA) is 75.3 Å². The molecule has 0 aromatic heterocycles. The second kappa shape index (κ2) is 13.1. The van der Waals surface area contributed by atoms with Gasteiger partial charge >= 0.3 is 0 Å². The van der Waals surface area contributed by atoms with Crippen molar-refractivity contribution in [1.29, 1.82) is 0 Å². The molecular weight excluding hydrogens is 516 g/mol. The van der Waals surface area contributed by atoms with E-state index in [2.05, 4.69) is 10.6 Å². The average molecular weight is 543 g/mol. The van der Waals surface area contributed by atoms with Crippen molar-refractivity contribution in [2.24, 2.45) is 0 Å². The van der Waals surface area contributed by atoms with E-state index in [0.717, 1.165) is 16.2 Å². The Kier molecular flexibility index (Phi) is 9.35. The van der Waals surface area contributed by atoms with E-state index in [0.29, 0.717) is 45.9 Å². The molecule has 0 aliphatic carbocycles. The summed E-state index contributed by atoms with van der Waals surface area (Å²) in [4.78, 5) is 40.2. The molecule has 0 saturated carbocycles. The number of ketones is 1. The summed E-state index contributed by atoms with van der Waals surface area (Å²) in [6.45, 7) is 1.90. The fourth-order valence-corrected chi connectivity index (χ4v) is 4.82. The van der Waals surface area contributed by atoms with Gasteiger partial charge in [-0.15, -0.1) is 11.8 Å². The zero-order valence-corrected chi connectivity index (χ0v) is 22.4. The van der Waals surface area contributed by atoms with Crippen molar-refractivity contribution in [1.82, 2.24) is 0 Å². The molecule has 0 spiro atoms. The fourth-order valence-electron chi connectivity index (χ4n) is 3.85. The first-order chi connectivity index (χ1) is 18.4. The van der Waals surface area contributed by atoms with Gasteiger partial charge in [0.2, 0.25) is 5.91 Å². The molecule has 0 saturated heterocycles. The molecule has 7 heteroatoms. The quantitative estimate of drug-likeness (QED) is 0.123. The molecule has 0 radical (unpaired) electrons. The minimum atomic E-state index is -0.412. The highest BCUT2D eigenvalue weighted by atomic mass is 35.5. The van der Waals surface area contributed by atoms with Crippen LogP contribution in [0.25, 0.3) is 0 Å². The van der Waals surface area contributed by atoms with Crippen LogP contribution in [0.3, 0.4) is 0 Å². The summed E-state index contributed by atoms with van der Waals surface area (Å²) in [7, 11) is 0. The van der Waals surface area contributed by atoms with Crippen molar-refractivity contribution >= 4 is 52.3 Å². The lowest BCUT2D eigenvalue weighted by Gasteiger charge is -2.14. The van der Waals surface area contributed by atoms with Gasteiger partial charge in [-0.2, -0.15) is 0 Å². The summed E-state index contributed by atoms with van der Waals surface area (Å²) in [6, 6.07) is 28.7. The van der Waals surface area contributed by atoms with Gasteiger partial charge in [-0.05, 0) is 67.6 Å². The number of aryl methyl sites for hydroxylation is 1. The summed E-state index contributed by atoms with van der Waals surface area (Å²) < 4.78 is 0. The van der Waals surface area contributed by atoms with E-state index < -0.39 is 5.91 Å². The van der Waals surface area contributed by atoms with E-state index in [9.17, 15) is 14.4 Å². The molecule has 38 heavy (non-hydrogen) atoms. The molecule has 4 rings (SSSR count). The maximum absolute atomic E-state index is 13.3. The van der Waals surface area contributed by atoms with Crippen molar-refractivity contribution < 1.29 is 14.4 Å². The van der Waals surface area contributed by atoms with Gasteiger partial charge in [-0.25, -0.2) is 0 Å². The number of hydrogen-bond donors (Lipinski definition) is 2. The number of rotatable bonds is 10. The van der Waals surface area contributed by atoms with Gasteiger partial charge in [0.25, 0.3) is 5.91 Å². The number of carbonyl (C=O) groups is 3. The lowest BCUT2D eigenvalue weighted by Crippen LogP contribution is -2.19. The third kappa shape index (κ3) is 7.34. The molecule has 192 valence electrons. The molecule has 0 unspecified atom stereocenters. The SMILES string of the molecule is Cc1ccc(NC(=O)c2ccccc2NC(=O)CCCSc2ccc(Cl)cc2)c(C(=O)c2ccccc2)c1. The zero-order chi connectivity index (χ0) is 26.9. The first kappa shape index (κ1) is 27.2. The van der Waals surface area contributed by atoms with Gasteiger partial charge in [-0.1, -0.05) is 65.7 Å². The number of thioether (sulfide) groups is 1. The van der Waals surface area contributed by atoms with Crippen LogP contribution < -0.4 is 10.6 Å². The summed E-state index contributed by atoms with van der Waals surface area (Å²) in [5, 5.41) is 6.42. The van der Waals surface area contributed by atoms with Crippen LogP contribution in [0.2, 0.25) is 5.02 Å². The molecule has 5 nitrogen and oxygen atoms in total. The summed E-state index contributed by atoms with van der Waals surface area (Å²) in [5.41, 5.74) is 3.00. The Bertz CT molecular complexity index is 1440. The lowest BCUT2D eigenvalue weighted by molar-refractivity contribution is -0.116. The van der Waals surface area contributed by atoms with Gasteiger partial charge < -0.3 is 10.6 Å². The minimum absolute atomic E-state index is 0.169. The predicted molar refractivity (Wildman–Crippen MR) is 155 cm³/mol. The van der Waals surface area contributed by atoms with Crippen LogP contribution in [0.5, 0.6) is 0 Å². The highest BCUT2D eigenvalue weighted by Crippen LogP contribution is 2.25. The van der Waals surface area contributed by atoms with E-state index in [1.165, 1.54) is 0 Å². The van der Waals surface area contributed by atoms with E-state index >= 15 is 0 Å². The van der Waals surface area contributed by atoms with Crippen molar-refractivity contribution in [2.45, 2.75) is 24.7 Å². The number of halogens is 1. The molecule has 2 N–H and O–H groups in total. The van der Waals surface area contributed by atoms with Gasteiger partial charge in [0.15, 0.2) is 5.78 Å². The van der Waals surface area contributed by atoms with Crippen LogP contribution in [0.1, 0.15) is 44.7 Å². The lowest BCUT2D eigenvalue weighted by atomic mass is 9.99. The Hall–Kier alpha value is -3.87. The Morgan fingerprint density at radius 3 is 2.21 bits per heavy atom. The molecule has 0 aliphatic rings. The zero-order valence-electron chi connectivity index (χ0n) is 20.9. The van der Waals surface area contributed by atoms with Crippen molar-refractivity contribution in [3.63, 3.8) is 0 Å². The average Bonchev–Trinajstić information content (AvgIpc) is 2.93. The number of para-hydroxylation sites is 1. The van der Waals surface area contributed by atoms with E-state index in [-0.39, 0.29) is 11.7 Å². The van der Waals surface area contributed by atoms with Gasteiger partial charge in [0.1, 0.15) is 0 Å². The molecule has 0 atom stereocenters. The van der Waals surface area contributed by atoms with Crippen molar-refractivity contribution in [2.75, 3.05) is 16.4 Å². The number of anilines is 2. The molecule has 2 amide bonds. The smallest absolute Gasteiger partial charge is 0.257 e. The van der Waals surface area contributed by atoms with Crippen LogP contribution in [0.4, 0.5) is 11.4 Å². The summed E-state index contributed by atoms with van der Waals surface area (Å²) >= 11 is 7.58. The number of nitrogens with one attached hydrogen (secondary N) is 2. The van der Waals surface area contributed by atoms with Crippen LogP contribution >= 0.6 is 23.4 Å². The molecule has 0 fully saturated rings. The van der Waals surface area contributed by atoms with Crippen molar-refractivity contribution in [3.8, 4) is 0 Å². The first-order valence-corrected chi connectivity index (χ1v) is 13.6. The molecule has 4 aromatic carbocycles. The first-order valence-electron chi connectivity index (χ1n) is 12.2. The standard InChI is InChI=1S/C31H27ClN2O3S/c1-21-13-18-28(26(20-21)30(36)22-8-3-2-4-9-22)34-31(37)25-10-5-6-11-27(25)33-29(35)12-7-19-38-24-16-14-23(32)15-17-24/h2-6,8-11,13-18,20H,7,12,19H2,1H3,(H,33,35)(H,34,37). The molecule has 4 aromatic rings. The maximum atomic E-state index is 13.3. The number of hydrogen-bond acceptors (Lipinski definition) is 4. The van der Waals surface area contributed by atoms with Gasteiger partial charge in [0.05, 0.1) is 16.9 Å². The van der Waals surface area contributed by atoms with Crippen LogP contribution in [0.15, 0.2) is 102 Å². The molecule has 0 aliphatic heterocycles. The Morgan fingerprint density at radius 2 is 1.45 bits per heavy atom. The number of amides is 2. The second-order valence-electron chi connectivity index (χ2n) is 8.70. The largest absolute Gasteiger partial charge is 0.325 e. The highest BCUT2D eigenvalue weighted by Gasteiger charge is 2.18. The van der Waals surface area contributed by atoms with E-state index in [1.54, 1.807) is 72.4 Å². The third-order valence-corrected chi connectivity index (χ3v) is 7.13. The van der Waals surface area contributed by atoms with Gasteiger partial charge in [0, 0.05) is 27.5 Å². The third-order valence-electron chi connectivity index (χ3n) is 5.78. The molecule has 0 heterocycles. The van der Waals surface area contributed by atoms with E-state index in [4.69, 9.17) is 11.6 Å². The maximum Gasteiger partial charge on any atom is 0.257 e. The van der Waals surface area contributed by atoms with Crippen molar-refractivity contribution in [3.05, 3.63) is 124 Å². The summed E-state index contributed by atoms with van der Waals surface area (Å²) in [6.07, 6.45) is 1.01. The Morgan fingerprint density at radius 1 is 0.763 bits per heavy atom. The predicted octanol–water partition coefficient (Wildman–Crippen LogP) is 7.64. The van der Waals surface area contributed by atoms with E-state index in [1.807, 2.05) is 43.3 Å². The second-order valence-corrected chi connectivity index (χ2v) is 10.3. The fraction of sp³-hybridized carbons (Fsp3) is 0.129. The Balaban J connectivity index is 1.41. The Labute approximate surface area is 231 Å². The van der Waals surface area contributed by atoms with Crippen LogP contribution in [-0.2, 0) is 4.79 Å². The highest BCUT2D eigenvalue weighted by molar-refractivity contribution is 7.99. The van der Waals surface area contributed by atoms with Gasteiger partial charge in [-0.3, -0.25) is 14.4 Å². The summed E-state index contributed by atoms with van der Waals surface area (Å²) in [5.74, 6) is 0.0214. The number of benzene rings is 4. The molecular formula is C31H27ClN2O3S. The van der Waals surface area contributed by atoms with Crippen LogP contribution in [0, 0.1) is 6.92 Å². The van der Waals surface area contributed by atoms with Crippen LogP contribution in [-0.4, -0.2) is 23.4 Å². The molecule has 0 bridgehead atoms. The minimum Gasteiger partial charge on any atom is -0.325 e. The monoisotopic (exact) mass is 542 g/mol. The number of carbonyl (C=O) groups excluding carboxylic acids is 3.